The van der Waals surface area contributed by atoms with E-state index >= 15 is 0 Å². The second-order valence-corrected chi connectivity index (χ2v) is 6.13. The quantitative estimate of drug-likeness (QED) is 0.773. The van der Waals surface area contributed by atoms with Crippen molar-refractivity contribution >= 4 is 35.1 Å². The van der Waals surface area contributed by atoms with Crippen LogP contribution in [0, 0.1) is 5.92 Å². The first-order chi connectivity index (χ1) is 11.9. The van der Waals surface area contributed by atoms with Gasteiger partial charge < -0.3 is 19.7 Å². The van der Waals surface area contributed by atoms with Gasteiger partial charge in [-0.15, -0.1) is 0 Å². The molecule has 1 heterocycles. The van der Waals surface area contributed by atoms with E-state index in [0.717, 1.165) is 0 Å². The number of hydrogen-bond acceptors (Lipinski definition) is 5. The molecular formula is C17H21ClN2O5. The molecule has 1 N–H and O–H groups in total. The van der Waals surface area contributed by atoms with Gasteiger partial charge in [0.05, 0.1) is 18.7 Å². The van der Waals surface area contributed by atoms with Crippen molar-refractivity contribution in [2.75, 3.05) is 25.1 Å². The van der Waals surface area contributed by atoms with E-state index in [4.69, 9.17) is 21.1 Å². The van der Waals surface area contributed by atoms with Crippen molar-refractivity contribution < 1.29 is 23.9 Å². The minimum atomic E-state index is -0.905. The Kier molecular flexibility index (Phi) is 6.25. The van der Waals surface area contributed by atoms with E-state index in [-0.39, 0.29) is 24.8 Å². The lowest BCUT2D eigenvalue weighted by Crippen LogP contribution is -2.37. The lowest BCUT2D eigenvalue weighted by atomic mass is 10.1. The Labute approximate surface area is 151 Å². The summed E-state index contributed by atoms with van der Waals surface area (Å²) in [5, 5.41) is 3.04. The molecule has 0 aromatic heterocycles. The summed E-state index contributed by atoms with van der Waals surface area (Å²) in [6.45, 7) is 3.87. The highest BCUT2D eigenvalue weighted by Crippen LogP contribution is 2.35. The smallest absolute Gasteiger partial charge is 0.312 e. The van der Waals surface area contributed by atoms with Gasteiger partial charge in [0, 0.05) is 24.5 Å². The normalized spacial score (nSPS) is 18.0. The SMILES string of the molecule is CCNC(=O)[C@@H](C)OC(=O)[C@H]1CC(=O)N(c2cc(Cl)ccc2OC)C1. The molecule has 2 rings (SSSR count). The molecule has 1 aliphatic heterocycles. The average Bonchev–Trinajstić information content (AvgIpc) is 2.96. The number of carbonyl (C=O) groups is 3. The molecule has 0 unspecified atom stereocenters. The monoisotopic (exact) mass is 368 g/mol. The molecule has 8 heteroatoms. The minimum absolute atomic E-state index is 0.0105. The first kappa shape index (κ1) is 19.1. The number of nitrogens with one attached hydrogen (secondary N) is 1. The molecule has 0 bridgehead atoms. The predicted octanol–water partition coefficient (Wildman–Crippen LogP) is 1.77. The Bertz CT molecular complexity index is 679. The fourth-order valence-corrected chi connectivity index (χ4v) is 2.78. The van der Waals surface area contributed by atoms with Crippen molar-refractivity contribution in [1.29, 1.82) is 0 Å². The Morgan fingerprint density at radius 3 is 2.80 bits per heavy atom. The number of halogens is 1. The summed E-state index contributed by atoms with van der Waals surface area (Å²) >= 11 is 6.00. The lowest BCUT2D eigenvalue weighted by Gasteiger charge is -2.20. The van der Waals surface area contributed by atoms with Gasteiger partial charge in [-0.3, -0.25) is 14.4 Å². The van der Waals surface area contributed by atoms with Crippen LogP contribution >= 0.6 is 11.6 Å². The zero-order chi connectivity index (χ0) is 18.6. The van der Waals surface area contributed by atoms with Gasteiger partial charge in [-0.25, -0.2) is 0 Å². The molecule has 25 heavy (non-hydrogen) atoms. The zero-order valence-electron chi connectivity index (χ0n) is 14.4. The van der Waals surface area contributed by atoms with E-state index in [9.17, 15) is 14.4 Å². The van der Waals surface area contributed by atoms with Crippen LogP contribution in [-0.2, 0) is 19.1 Å². The predicted molar refractivity (Wildman–Crippen MR) is 92.7 cm³/mol. The third kappa shape index (κ3) is 4.42. The molecule has 1 saturated heterocycles. The molecule has 0 aliphatic carbocycles. The number of amides is 2. The second-order valence-electron chi connectivity index (χ2n) is 5.70. The number of esters is 1. The van der Waals surface area contributed by atoms with Gasteiger partial charge in [0.15, 0.2) is 6.10 Å². The number of nitrogens with zero attached hydrogens (tertiary/aromatic N) is 1. The Balaban J connectivity index is 2.08. The van der Waals surface area contributed by atoms with Gasteiger partial charge in [0.25, 0.3) is 5.91 Å². The summed E-state index contributed by atoms with van der Waals surface area (Å²) < 4.78 is 10.4. The van der Waals surface area contributed by atoms with Crippen molar-refractivity contribution in [3.05, 3.63) is 23.2 Å². The van der Waals surface area contributed by atoms with Gasteiger partial charge in [0.1, 0.15) is 5.75 Å². The van der Waals surface area contributed by atoms with Gasteiger partial charge >= 0.3 is 5.97 Å². The second kappa shape index (κ2) is 8.20. The van der Waals surface area contributed by atoms with Crippen LogP contribution < -0.4 is 15.0 Å². The summed E-state index contributed by atoms with van der Waals surface area (Å²) in [4.78, 5) is 37.7. The summed E-state index contributed by atoms with van der Waals surface area (Å²) in [5.74, 6) is -1.33. The van der Waals surface area contributed by atoms with Gasteiger partial charge in [-0.1, -0.05) is 11.6 Å². The molecule has 136 valence electrons. The van der Waals surface area contributed by atoms with E-state index in [1.807, 2.05) is 0 Å². The highest BCUT2D eigenvalue weighted by atomic mass is 35.5. The number of likely N-dealkylation sites (N-methyl/N-ethyl adjacent to an activating group) is 1. The number of ether oxygens (including phenoxy) is 2. The maximum absolute atomic E-state index is 12.3. The van der Waals surface area contributed by atoms with Crippen LogP contribution in [0.1, 0.15) is 20.3 Å². The highest BCUT2D eigenvalue weighted by molar-refractivity contribution is 6.31. The Hall–Kier alpha value is -2.28. The van der Waals surface area contributed by atoms with Crippen LogP contribution in [0.2, 0.25) is 5.02 Å². The number of anilines is 1. The van der Waals surface area contributed by atoms with Crippen LogP contribution in [-0.4, -0.2) is 44.1 Å². The van der Waals surface area contributed by atoms with Crippen LogP contribution in [0.3, 0.4) is 0 Å². The van der Waals surface area contributed by atoms with Crippen molar-refractivity contribution in [3.63, 3.8) is 0 Å². The molecule has 1 fully saturated rings. The number of methoxy groups -OCH3 is 1. The van der Waals surface area contributed by atoms with E-state index in [0.29, 0.717) is 23.0 Å². The first-order valence-corrected chi connectivity index (χ1v) is 8.37. The summed E-state index contributed by atoms with van der Waals surface area (Å²) in [5.41, 5.74) is 0.507. The molecule has 0 spiro atoms. The Morgan fingerprint density at radius 1 is 1.44 bits per heavy atom. The van der Waals surface area contributed by atoms with Crippen molar-refractivity contribution in [3.8, 4) is 5.75 Å². The van der Waals surface area contributed by atoms with Crippen LogP contribution in [0.25, 0.3) is 0 Å². The van der Waals surface area contributed by atoms with E-state index in [2.05, 4.69) is 5.32 Å². The summed E-state index contributed by atoms with van der Waals surface area (Å²) in [7, 11) is 1.49. The fraction of sp³-hybridized carbons (Fsp3) is 0.471. The summed E-state index contributed by atoms with van der Waals surface area (Å²) in [6.07, 6.45) is -0.895. The molecule has 2 amide bonds. The van der Waals surface area contributed by atoms with E-state index in [1.165, 1.54) is 18.9 Å². The van der Waals surface area contributed by atoms with Crippen LogP contribution in [0.4, 0.5) is 5.69 Å². The Morgan fingerprint density at radius 2 is 2.16 bits per heavy atom. The molecular weight excluding hydrogens is 348 g/mol. The standard InChI is InChI=1S/C17H21ClN2O5/c1-4-19-16(22)10(2)25-17(23)11-7-15(21)20(9-11)13-8-12(18)5-6-14(13)24-3/h5-6,8,10-11H,4,7,9H2,1-3H3,(H,19,22)/t10-,11+/m1/s1. The topological polar surface area (TPSA) is 84.9 Å². The summed E-state index contributed by atoms with van der Waals surface area (Å²) in [6, 6.07) is 4.93. The number of hydrogen-bond donors (Lipinski definition) is 1. The van der Waals surface area contributed by atoms with Gasteiger partial charge in [-0.05, 0) is 32.0 Å². The largest absolute Gasteiger partial charge is 0.495 e. The number of rotatable bonds is 6. The van der Waals surface area contributed by atoms with Crippen LogP contribution in [0.15, 0.2) is 18.2 Å². The highest BCUT2D eigenvalue weighted by Gasteiger charge is 2.38. The third-order valence-electron chi connectivity index (χ3n) is 3.90. The molecule has 0 radical (unpaired) electrons. The fourth-order valence-electron chi connectivity index (χ4n) is 2.61. The number of carbonyl (C=O) groups excluding carboxylic acids is 3. The maximum atomic E-state index is 12.3. The van der Waals surface area contributed by atoms with Gasteiger partial charge in [-0.2, -0.15) is 0 Å². The van der Waals surface area contributed by atoms with Crippen molar-refractivity contribution in [2.45, 2.75) is 26.4 Å². The van der Waals surface area contributed by atoms with Crippen molar-refractivity contribution in [1.82, 2.24) is 5.32 Å². The molecule has 7 nitrogen and oxygen atoms in total. The van der Waals surface area contributed by atoms with E-state index < -0.39 is 18.0 Å². The number of benzene rings is 1. The molecule has 1 aliphatic rings. The van der Waals surface area contributed by atoms with Crippen molar-refractivity contribution in [2.24, 2.45) is 5.92 Å². The molecule has 0 saturated carbocycles. The maximum Gasteiger partial charge on any atom is 0.312 e. The molecule has 1 aromatic rings. The molecule has 2 atom stereocenters. The van der Waals surface area contributed by atoms with Gasteiger partial charge in [0.2, 0.25) is 5.91 Å². The lowest BCUT2D eigenvalue weighted by molar-refractivity contribution is -0.158. The minimum Gasteiger partial charge on any atom is -0.495 e. The zero-order valence-corrected chi connectivity index (χ0v) is 15.1. The third-order valence-corrected chi connectivity index (χ3v) is 4.14. The first-order valence-electron chi connectivity index (χ1n) is 7.99. The van der Waals surface area contributed by atoms with E-state index in [1.54, 1.807) is 25.1 Å². The average molecular weight is 369 g/mol. The van der Waals surface area contributed by atoms with Crippen LogP contribution in [0.5, 0.6) is 5.75 Å². The molecule has 1 aromatic carbocycles.